The van der Waals surface area contributed by atoms with Crippen LogP contribution in [0.1, 0.15) is 4.88 Å². The molecule has 0 amide bonds. The Morgan fingerprint density at radius 3 is 2.93 bits per heavy atom. The van der Waals surface area contributed by atoms with Crippen molar-refractivity contribution in [1.29, 1.82) is 0 Å². The lowest BCUT2D eigenvalue weighted by Crippen LogP contribution is -1.57. The Morgan fingerprint density at radius 1 is 1.29 bits per heavy atom. The molecule has 0 aliphatic carbocycles. The fourth-order valence-corrected chi connectivity index (χ4v) is 2.24. The Kier molecular flexibility index (Phi) is 2.59. The molecule has 0 aliphatic rings. The van der Waals surface area contributed by atoms with Crippen molar-refractivity contribution in [2.75, 3.05) is 0 Å². The van der Waals surface area contributed by atoms with Crippen LogP contribution >= 0.6 is 11.3 Å². The molecule has 0 bridgehead atoms. The molecule has 0 atom stereocenters. The van der Waals surface area contributed by atoms with Gasteiger partial charge in [-0.2, -0.15) is 0 Å². The fraction of sp³-hybridized carbons (Fsp3) is 0. The van der Waals surface area contributed by atoms with E-state index in [1.807, 2.05) is 18.2 Å². The van der Waals surface area contributed by atoms with Gasteiger partial charge in [-0.3, -0.25) is 0 Å². The van der Waals surface area contributed by atoms with Crippen LogP contribution in [0.15, 0.2) is 42.5 Å². The first-order valence-corrected chi connectivity index (χ1v) is 5.08. The molecule has 1 aromatic heterocycles. The standard InChI is InChI=1S/C12H8OS/c13-8-4-3-6-11-9-10-5-1-2-7-12(10)14-11/h1-7,9H/b6-3+. The summed E-state index contributed by atoms with van der Waals surface area (Å²) in [5.74, 6) is 1.71. The average Bonchev–Trinajstić information content (AvgIpc) is 2.60. The highest BCUT2D eigenvalue weighted by molar-refractivity contribution is 7.19. The van der Waals surface area contributed by atoms with Crippen LogP contribution in [0.5, 0.6) is 0 Å². The quantitative estimate of drug-likeness (QED) is 0.537. The molecule has 0 spiro atoms. The summed E-state index contributed by atoms with van der Waals surface area (Å²) in [7, 11) is 0. The van der Waals surface area contributed by atoms with E-state index < -0.39 is 0 Å². The summed E-state index contributed by atoms with van der Waals surface area (Å²) < 4.78 is 1.27. The molecule has 1 nitrogen and oxygen atoms in total. The molecule has 2 rings (SSSR count). The number of carbonyl (C=O) groups excluding carboxylic acids is 1. The molecule has 14 heavy (non-hydrogen) atoms. The summed E-state index contributed by atoms with van der Waals surface area (Å²) >= 11 is 1.71. The minimum absolute atomic E-state index is 1.15. The van der Waals surface area contributed by atoms with Crippen LogP contribution in [-0.4, -0.2) is 5.94 Å². The van der Waals surface area contributed by atoms with E-state index in [2.05, 4.69) is 18.2 Å². The predicted octanol–water partition coefficient (Wildman–Crippen LogP) is 3.30. The van der Waals surface area contributed by atoms with Gasteiger partial charge in [-0.15, -0.1) is 11.3 Å². The first kappa shape index (κ1) is 8.95. The van der Waals surface area contributed by atoms with E-state index >= 15 is 0 Å². The van der Waals surface area contributed by atoms with Gasteiger partial charge in [0, 0.05) is 15.7 Å². The molecule has 0 N–H and O–H groups in total. The summed E-state index contributed by atoms with van der Waals surface area (Å²) in [6.07, 6.45) is 4.98. The number of thiophene rings is 1. The monoisotopic (exact) mass is 200 g/mol. The van der Waals surface area contributed by atoms with Crippen molar-refractivity contribution < 1.29 is 4.79 Å². The molecular weight excluding hydrogens is 192 g/mol. The zero-order valence-corrected chi connectivity index (χ0v) is 8.25. The second kappa shape index (κ2) is 4.05. The third kappa shape index (κ3) is 1.82. The number of hydrogen-bond acceptors (Lipinski definition) is 2. The Hall–Kier alpha value is -1.63. The third-order valence-electron chi connectivity index (χ3n) is 1.87. The lowest BCUT2D eigenvalue weighted by molar-refractivity contribution is 0.569. The molecule has 1 heterocycles. The highest BCUT2D eigenvalue weighted by atomic mass is 32.1. The van der Waals surface area contributed by atoms with Crippen LogP contribution in [0.25, 0.3) is 16.2 Å². The first-order chi connectivity index (χ1) is 6.90. The van der Waals surface area contributed by atoms with Gasteiger partial charge in [0.05, 0.1) is 0 Å². The zero-order valence-electron chi connectivity index (χ0n) is 7.44. The maximum atomic E-state index is 9.94. The molecule has 68 valence electrons. The zero-order chi connectivity index (χ0) is 9.80. The van der Waals surface area contributed by atoms with Gasteiger partial charge in [-0.25, -0.2) is 4.79 Å². The summed E-state index contributed by atoms with van der Waals surface area (Å²) in [5.41, 5.74) is 0. The van der Waals surface area contributed by atoms with Crippen LogP contribution < -0.4 is 0 Å². The Balaban J connectivity index is 2.40. The van der Waals surface area contributed by atoms with Gasteiger partial charge >= 0.3 is 0 Å². The molecule has 2 aromatic rings. The highest BCUT2D eigenvalue weighted by Crippen LogP contribution is 2.25. The first-order valence-electron chi connectivity index (χ1n) is 4.26. The van der Waals surface area contributed by atoms with Crippen molar-refractivity contribution in [2.24, 2.45) is 0 Å². The number of fused-ring (bicyclic) bond motifs is 1. The molecule has 0 unspecified atom stereocenters. The molecule has 0 aliphatic heterocycles. The van der Waals surface area contributed by atoms with Crippen molar-refractivity contribution >= 4 is 33.4 Å². The second-order valence-corrected chi connectivity index (χ2v) is 3.95. The van der Waals surface area contributed by atoms with E-state index in [0.29, 0.717) is 0 Å². The van der Waals surface area contributed by atoms with Gasteiger partial charge in [-0.1, -0.05) is 18.2 Å². The molecule has 2 heteroatoms. The maximum Gasteiger partial charge on any atom is 0.124 e. The minimum atomic E-state index is 1.15. The average molecular weight is 200 g/mol. The van der Waals surface area contributed by atoms with Crippen LogP contribution in [0.2, 0.25) is 0 Å². The Morgan fingerprint density at radius 2 is 2.14 bits per heavy atom. The molecule has 0 radical (unpaired) electrons. The van der Waals surface area contributed by atoms with Crippen LogP contribution in [0.4, 0.5) is 0 Å². The number of hydrogen-bond donors (Lipinski definition) is 0. The van der Waals surface area contributed by atoms with Crippen LogP contribution in [-0.2, 0) is 4.79 Å². The smallest absolute Gasteiger partial charge is 0.124 e. The SMILES string of the molecule is O=C=C/C=C/c1cc2ccccc2s1. The Bertz CT molecular complexity index is 483. The van der Waals surface area contributed by atoms with Crippen molar-refractivity contribution in [1.82, 2.24) is 0 Å². The summed E-state index contributed by atoms with van der Waals surface area (Å²) in [5, 5.41) is 1.24. The van der Waals surface area contributed by atoms with Gasteiger partial charge in [0.2, 0.25) is 0 Å². The van der Waals surface area contributed by atoms with Gasteiger partial charge in [-0.05, 0) is 29.7 Å². The van der Waals surface area contributed by atoms with Crippen molar-refractivity contribution in [3.05, 3.63) is 47.4 Å². The number of allylic oxidation sites excluding steroid dienone is 2. The third-order valence-corrected chi connectivity index (χ3v) is 2.95. The van der Waals surface area contributed by atoms with Crippen molar-refractivity contribution in [3.63, 3.8) is 0 Å². The van der Waals surface area contributed by atoms with E-state index in [4.69, 9.17) is 0 Å². The largest absolute Gasteiger partial charge is 0.234 e. The van der Waals surface area contributed by atoms with Crippen molar-refractivity contribution in [2.45, 2.75) is 0 Å². The molecule has 0 saturated carbocycles. The number of benzene rings is 1. The molecular formula is C12H8OS. The van der Waals surface area contributed by atoms with Crippen LogP contribution in [0, 0.1) is 0 Å². The van der Waals surface area contributed by atoms with Crippen molar-refractivity contribution in [3.8, 4) is 0 Å². The number of rotatable bonds is 2. The van der Waals surface area contributed by atoms with Gasteiger partial charge in [0.15, 0.2) is 0 Å². The highest BCUT2D eigenvalue weighted by Gasteiger charge is 1.96. The Labute approximate surface area is 86.0 Å². The van der Waals surface area contributed by atoms with Gasteiger partial charge in [0.25, 0.3) is 0 Å². The van der Waals surface area contributed by atoms with E-state index in [1.165, 1.54) is 16.2 Å². The summed E-state index contributed by atoms with van der Waals surface area (Å²) in [6, 6.07) is 10.3. The van der Waals surface area contributed by atoms with E-state index in [9.17, 15) is 4.79 Å². The summed E-state index contributed by atoms with van der Waals surface area (Å²) in [4.78, 5) is 11.1. The lowest BCUT2D eigenvalue weighted by atomic mass is 10.2. The normalized spacial score (nSPS) is 10.6. The molecule has 0 fully saturated rings. The van der Waals surface area contributed by atoms with Crippen LogP contribution in [0.3, 0.4) is 0 Å². The van der Waals surface area contributed by atoms with Gasteiger partial charge < -0.3 is 0 Å². The second-order valence-electron chi connectivity index (χ2n) is 2.83. The molecule has 1 aromatic carbocycles. The fourth-order valence-electron chi connectivity index (χ4n) is 1.27. The maximum absolute atomic E-state index is 9.94. The lowest BCUT2D eigenvalue weighted by Gasteiger charge is -1.82. The van der Waals surface area contributed by atoms with E-state index in [-0.39, 0.29) is 0 Å². The minimum Gasteiger partial charge on any atom is -0.234 e. The van der Waals surface area contributed by atoms with E-state index in [1.54, 1.807) is 23.4 Å². The molecule has 0 saturated heterocycles. The van der Waals surface area contributed by atoms with Gasteiger partial charge in [0.1, 0.15) is 5.94 Å². The topological polar surface area (TPSA) is 17.1 Å². The van der Waals surface area contributed by atoms with E-state index in [0.717, 1.165) is 4.88 Å². The predicted molar refractivity (Wildman–Crippen MR) is 61.1 cm³/mol. The summed E-state index contributed by atoms with van der Waals surface area (Å²) in [6.45, 7) is 0.